The zero-order chi connectivity index (χ0) is 10.7. The fourth-order valence-electron chi connectivity index (χ4n) is 2.12. The van der Waals surface area contributed by atoms with Crippen molar-refractivity contribution in [3.63, 3.8) is 0 Å². The van der Waals surface area contributed by atoms with Crippen LogP contribution in [-0.2, 0) is 0 Å². The van der Waals surface area contributed by atoms with Crippen LogP contribution in [0.15, 0.2) is 28.7 Å². The summed E-state index contributed by atoms with van der Waals surface area (Å²) in [5.41, 5.74) is 1.32. The minimum Gasteiger partial charge on any atom is -0.370 e. The Bertz CT molecular complexity index is 327. The molecule has 1 atom stereocenters. The van der Waals surface area contributed by atoms with Crippen molar-refractivity contribution in [3.8, 4) is 0 Å². The van der Waals surface area contributed by atoms with Crippen molar-refractivity contribution in [2.45, 2.75) is 18.9 Å². The Labute approximate surface area is 99.8 Å². The first-order valence-corrected chi connectivity index (χ1v) is 6.26. The van der Waals surface area contributed by atoms with Gasteiger partial charge >= 0.3 is 0 Å². The summed E-state index contributed by atoms with van der Waals surface area (Å²) in [5, 5.41) is 3.36. The Hall–Kier alpha value is -0.540. The van der Waals surface area contributed by atoms with Gasteiger partial charge in [0.2, 0.25) is 0 Å². The number of hydrogen-bond acceptors (Lipinski definition) is 2. The molecule has 1 aliphatic rings. The number of nitrogens with zero attached hydrogens (tertiary/aromatic N) is 1. The molecule has 1 heterocycles. The van der Waals surface area contributed by atoms with Crippen molar-refractivity contribution in [1.29, 1.82) is 0 Å². The summed E-state index contributed by atoms with van der Waals surface area (Å²) in [6.07, 6.45) is 2.57. The zero-order valence-electron chi connectivity index (χ0n) is 9.04. The molecule has 2 rings (SSSR count). The molecule has 0 spiro atoms. The minimum atomic E-state index is 0.637. The van der Waals surface area contributed by atoms with Crippen LogP contribution in [0.4, 0.5) is 5.69 Å². The molecule has 1 aromatic carbocycles. The van der Waals surface area contributed by atoms with Gasteiger partial charge < -0.3 is 10.2 Å². The van der Waals surface area contributed by atoms with E-state index in [-0.39, 0.29) is 0 Å². The number of hydrogen-bond donors (Lipinski definition) is 1. The van der Waals surface area contributed by atoms with E-state index in [2.05, 4.69) is 57.5 Å². The normalized spacial score (nSPS) is 21.7. The second-order valence-electron chi connectivity index (χ2n) is 4.05. The topological polar surface area (TPSA) is 15.3 Å². The lowest BCUT2D eigenvalue weighted by molar-refractivity contribution is 0.449. The van der Waals surface area contributed by atoms with Gasteiger partial charge in [-0.1, -0.05) is 22.0 Å². The maximum atomic E-state index is 3.52. The van der Waals surface area contributed by atoms with Crippen molar-refractivity contribution < 1.29 is 0 Å². The summed E-state index contributed by atoms with van der Waals surface area (Å²) in [4.78, 5) is 2.45. The molecule has 82 valence electrons. The monoisotopic (exact) mass is 268 g/mol. The van der Waals surface area contributed by atoms with E-state index in [0.717, 1.165) is 11.0 Å². The van der Waals surface area contributed by atoms with Crippen LogP contribution in [0.25, 0.3) is 0 Å². The van der Waals surface area contributed by atoms with Crippen LogP contribution in [-0.4, -0.2) is 26.2 Å². The summed E-state index contributed by atoms with van der Waals surface area (Å²) in [6, 6.07) is 9.18. The van der Waals surface area contributed by atoms with Crippen LogP contribution in [0.1, 0.15) is 12.8 Å². The highest BCUT2D eigenvalue weighted by Crippen LogP contribution is 2.23. The molecule has 0 amide bonds. The van der Waals surface area contributed by atoms with Gasteiger partial charge in [-0.25, -0.2) is 0 Å². The molecule has 1 aliphatic heterocycles. The molecule has 1 N–H and O–H groups in total. The first-order valence-electron chi connectivity index (χ1n) is 5.47. The fraction of sp³-hybridized carbons (Fsp3) is 0.500. The van der Waals surface area contributed by atoms with Crippen LogP contribution in [0, 0.1) is 0 Å². The molecular weight excluding hydrogens is 252 g/mol. The van der Waals surface area contributed by atoms with E-state index in [1.165, 1.54) is 25.1 Å². The van der Waals surface area contributed by atoms with Crippen LogP contribution >= 0.6 is 15.9 Å². The number of anilines is 1. The van der Waals surface area contributed by atoms with Gasteiger partial charge in [0.15, 0.2) is 0 Å². The molecule has 0 radical (unpaired) electrons. The lowest BCUT2D eigenvalue weighted by Gasteiger charge is -2.34. The maximum absolute atomic E-state index is 3.52. The van der Waals surface area contributed by atoms with Crippen LogP contribution in [0.2, 0.25) is 0 Å². The molecule has 2 nitrogen and oxygen atoms in total. The van der Waals surface area contributed by atoms with Crippen LogP contribution in [0.5, 0.6) is 0 Å². The predicted octanol–water partition coefficient (Wildman–Crippen LogP) is 2.64. The third-order valence-electron chi connectivity index (χ3n) is 3.00. The van der Waals surface area contributed by atoms with Crippen molar-refractivity contribution in [2.75, 3.05) is 25.0 Å². The maximum Gasteiger partial charge on any atom is 0.0378 e. The first kappa shape index (κ1) is 11.0. The number of likely N-dealkylation sites (N-methyl/N-ethyl adjacent to an activating group) is 1. The summed E-state index contributed by atoms with van der Waals surface area (Å²) < 4.78 is 1.16. The van der Waals surface area contributed by atoms with E-state index in [0.29, 0.717) is 6.04 Å². The Balaban J connectivity index is 2.09. The zero-order valence-corrected chi connectivity index (χ0v) is 10.6. The van der Waals surface area contributed by atoms with Crippen LogP contribution < -0.4 is 10.2 Å². The quantitative estimate of drug-likeness (QED) is 0.888. The molecule has 15 heavy (non-hydrogen) atoms. The number of rotatable bonds is 2. The molecule has 1 unspecified atom stereocenters. The van der Waals surface area contributed by atoms with Crippen molar-refractivity contribution >= 4 is 21.6 Å². The standard InChI is InChI=1S/C12H17BrN2/c1-14-11-5-3-7-15(9-11)12-6-2-4-10(13)8-12/h2,4,6,8,11,14H,3,5,7,9H2,1H3. The van der Waals surface area contributed by atoms with Gasteiger partial charge in [0.1, 0.15) is 0 Å². The third-order valence-corrected chi connectivity index (χ3v) is 3.50. The summed E-state index contributed by atoms with van der Waals surface area (Å²) in [6.45, 7) is 2.29. The van der Waals surface area contributed by atoms with E-state index >= 15 is 0 Å². The fourth-order valence-corrected chi connectivity index (χ4v) is 2.51. The number of piperidine rings is 1. The summed E-state index contributed by atoms with van der Waals surface area (Å²) in [5.74, 6) is 0. The summed E-state index contributed by atoms with van der Waals surface area (Å²) >= 11 is 3.52. The van der Waals surface area contributed by atoms with Gasteiger partial charge in [0, 0.05) is 29.3 Å². The molecule has 1 aromatic rings. The van der Waals surface area contributed by atoms with E-state index in [9.17, 15) is 0 Å². The molecule has 1 fully saturated rings. The second kappa shape index (κ2) is 4.99. The number of halogens is 1. The molecule has 1 saturated heterocycles. The molecule has 0 bridgehead atoms. The van der Waals surface area contributed by atoms with Crippen molar-refractivity contribution in [3.05, 3.63) is 28.7 Å². The van der Waals surface area contributed by atoms with Gasteiger partial charge in [-0.05, 0) is 38.1 Å². The molecular formula is C12H17BrN2. The van der Waals surface area contributed by atoms with Gasteiger partial charge in [0.05, 0.1) is 0 Å². The average Bonchev–Trinajstić information content (AvgIpc) is 2.29. The second-order valence-corrected chi connectivity index (χ2v) is 4.97. The Kier molecular flexibility index (Phi) is 3.65. The smallest absolute Gasteiger partial charge is 0.0378 e. The Morgan fingerprint density at radius 1 is 1.47 bits per heavy atom. The molecule has 0 aliphatic carbocycles. The van der Waals surface area contributed by atoms with Gasteiger partial charge in [-0.3, -0.25) is 0 Å². The van der Waals surface area contributed by atoms with E-state index in [1.807, 2.05) is 0 Å². The Morgan fingerprint density at radius 3 is 3.07 bits per heavy atom. The third kappa shape index (κ3) is 2.73. The van der Waals surface area contributed by atoms with Crippen molar-refractivity contribution in [2.24, 2.45) is 0 Å². The lowest BCUT2D eigenvalue weighted by Crippen LogP contribution is -2.44. The van der Waals surface area contributed by atoms with Crippen LogP contribution in [0.3, 0.4) is 0 Å². The number of nitrogens with one attached hydrogen (secondary N) is 1. The van der Waals surface area contributed by atoms with Crippen molar-refractivity contribution in [1.82, 2.24) is 5.32 Å². The van der Waals surface area contributed by atoms with Gasteiger partial charge in [0.25, 0.3) is 0 Å². The SMILES string of the molecule is CNC1CCCN(c2cccc(Br)c2)C1. The molecule has 0 saturated carbocycles. The largest absolute Gasteiger partial charge is 0.370 e. The minimum absolute atomic E-state index is 0.637. The highest BCUT2D eigenvalue weighted by atomic mass is 79.9. The molecule has 3 heteroatoms. The highest BCUT2D eigenvalue weighted by molar-refractivity contribution is 9.10. The van der Waals surface area contributed by atoms with Gasteiger partial charge in [-0.2, -0.15) is 0 Å². The summed E-state index contributed by atoms with van der Waals surface area (Å²) in [7, 11) is 2.05. The van der Waals surface area contributed by atoms with E-state index in [1.54, 1.807) is 0 Å². The van der Waals surface area contributed by atoms with E-state index in [4.69, 9.17) is 0 Å². The lowest BCUT2D eigenvalue weighted by atomic mass is 10.1. The van der Waals surface area contributed by atoms with E-state index < -0.39 is 0 Å². The van der Waals surface area contributed by atoms with Gasteiger partial charge in [-0.15, -0.1) is 0 Å². The predicted molar refractivity (Wildman–Crippen MR) is 68.4 cm³/mol. The highest BCUT2D eigenvalue weighted by Gasteiger charge is 2.18. The average molecular weight is 269 g/mol. The number of benzene rings is 1. The first-order chi connectivity index (χ1) is 7.29. The Morgan fingerprint density at radius 2 is 2.33 bits per heavy atom. The molecule has 0 aromatic heterocycles.